The lowest BCUT2D eigenvalue weighted by molar-refractivity contribution is 0.0483. The molecule has 0 amide bonds. The Bertz CT molecular complexity index is 1020. The number of esters is 2. The van der Waals surface area contributed by atoms with Gasteiger partial charge in [0.25, 0.3) is 10.0 Å². The summed E-state index contributed by atoms with van der Waals surface area (Å²) in [5.41, 5.74) is 0.447. The third-order valence-corrected chi connectivity index (χ3v) is 6.71. The fourth-order valence-corrected chi connectivity index (χ4v) is 4.52. The van der Waals surface area contributed by atoms with Crippen molar-refractivity contribution in [2.75, 3.05) is 53.0 Å². The van der Waals surface area contributed by atoms with E-state index in [1.807, 2.05) is 0 Å². The van der Waals surface area contributed by atoms with E-state index in [1.165, 1.54) is 23.5 Å². The number of carbonyl (C=O) groups excluding carboxylic acids is 2. The second-order valence-electron chi connectivity index (χ2n) is 6.95. The number of hydrogen-bond acceptors (Lipinski definition) is 9. The first kappa shape index (κ1) is 23.8. The summed E-state index contributed by atoms with van der Waals surface area (Å²) in [6.07, 6.45) is 0. The van der Waals surface area contributed by atoms with Gasteiger partial charge < -0.3 is 18.6 Å². The molecule has 0 saturated carbocycles. The number of ether oxygens (including phenoxy) is 3. The molecule has 174 valence electrons. The van der Waals surface area contributed by atoms with Gasteiger partial charge in [-0.25, -0.2) is 18.0 Å². The molecule has 10 nitrogen and oxygen atoms in total. The molecular formula is C21H26N2O8S. The van der Waals surface area contributed by atoms with E-state index in [9.17, 15) is 18.0 Å². The Labute approximate surface area is 186 Å². The molecule has 0 aliphatic carbocycles. The van der Waals surface area contributed by atoms with Crippen LogP contribution in [0.4, 0.5) is 0 Å². The van der Waals surface area contributed by atoms with Gasteiger partial charge >= 0.3 is 11.9 Å². The number of sulfonamides is 1. The van der Waals surface area contributed by atoms with Crippen molar-refractivity contribution in [3.63, 3.8) is 0 Å². The number of methoxy groups -OCH3 is 1. The smallest absolute Gasteiger partial charge is 0.374 e. The van der Waals surface area contributed by atoms with Crippen molar-refractivity contribution in [2.24, 2.45) is 0 Å². The molecule has 3 rings (SSSR count). The maximum absolute atomic E-state index is 12.8. The zero-order valence-corrected chi connectivity index (χ0v) is 18.8. The third kappa shape index (κ3) is 5.67. The highest BCUT2D eigenvalue weighted by atomic mass is 32.2. The average molecular weight is 467 g/mol. The van der Waals surface area contributed by atoms with Crippen molar-refractivity contribution in [1.82, 2.24) is 9.21 Å². The van der Waals surface area contributed by atoms with Gasteiger partial charge in [0.05, 0.1) is 19.3 Å². The molecule has 1 fully saturated rings. The Morgan fingerprint density at radius 2 is 1.69 bits per heavy atom. The number of hydrogen-bond donors (Lipinski definition) is 0. The quantitative estimate of drug-likeness (QED) is 0.508. The van der Waals surface area contributed by atoms with Crippen LogP contribution >= 0.6 is 0 Å². The van der Waals surface area contributed by atoms with Crippen LogP contribution in [-0.2, 0) is 19.5 Å². The molecule has 11 heteroatoms. The van der Waals surface area contributed by atoms with Crippen molar-refractivity contribution in [3.05, 3.63) is 47.7 Å². The van der Waals surface area contributed by atoms with Crippen LogP contribution in [-0.4, -0.2) is 82.6 Å². The summed E-state index contributed by atoms with van der Waals surface area (Å²) in [4.78, 5) is 25.2. The minimum absolute atomic E-state index is 0.138. The van der Waals surface area contributed by atoms with Crippen LogP contribution in [0.1, 0.15) is 27.8 Å². The van der Waals surface area contributed by atoms with Crippen LogP contribution in [0.25, 0.3) is 0 Å². The molecule has 0 atom stereocenters. The van der Waals surface area contributed by atoms with Crippen LogP contribution < -0.4 is 4.74 Å². The standard InChI is InChI=1S/C21H26N2O8S/c1-3-29-21(25)18-8-9-19(31-18)32(26,27)23-12-10-22(11-13-23)14-15-30-17-6-4-16(5-7-17)20(24)28-2/h4-9H,3,10-15H2,1-2H3. The van der Waals surface area contributed by atoms with Crippen LogP contribution in [0, 0.1) is 0 Å². The summed E-state index contributed by atoms with van der Waals surface area (Å²) in [5.74, 6) is -0.607. The molecule has 1 aromatic heterocycles. The molecule has 32 heavy (non-hydrogen) atoms. The van der Waals surface area contributed by atoms with Gasteiger partial charge in [0, 0.05) is 32.7 Å². The fraction of sp³-hybridized carbons (Fsp3) is 0.429. The van der Waals surface area contributed by atoms with Crippen molar-refractivity contribution in [1.29, 1.82) is 0 Å². The topological polar surface area (TPSA) is 116 Å². The van der Waals surface area contributed by atoms with Crippen molar-refractivity contribution >= 4 is 22.0 Å². The summed E-state index contributed by atoms with van der Waals surface area (Å²) >= 11 is 0. The molecule has 0 spiro atoms. The van der Waals surface area contributed by atoms with Gasteiger partial charge in [-0.2, -0.15) is 4.31 Å². The molecule has 1 saturated heterocycles. The largest absolute Gasteiger partial charge is 0.492 e. The van der Waals surface area contributed by atoms with Crippen molar-refractivity contribution in [2.45, 2.75) is 12.0 Å². The van der Waals surface area contributed by atoms with Gasteiger partial charge in [-0.1, -0.05) is 0 Å². The van der Waals surface area contributed by atoms with Crippen LogP contribution in [0.15, 0.2) is 45.9 Å². The van der Waals surface area contributed by atoms with Crippen molar-refractivity contribution < 1.29 is 36.6 Å². The number of carbonyl (C=O) groups is 2. The lowest BCUT2D eigenvalue weighted by Gasteiger charge is -2.33. The predicted molar refractivity (Wildman–Crippen MR) is 113 cm³/mol. The van der Waals surface area contributed by atoms with E-state index in [0.29, 0.717) is 50.6 Å². The molecule has 1 aromatic carbocycles. The molecule has 0 unspecified atom stereocenters. The monoisotopic (exact) mass is 466 g/mol. The Morgan fingerprint density at radius 3 is 2.31 bits per heavy atom. The van der Waals surface area contributed by atoms with Gasteiger partial charge in [0.1, 0.15) is 12.4 Å². The fourth-order valence-electron chi connectivity index (χ4n) is 3.19. The van der Waals surface area contributed by atoms with Gasteiger partial charge in [0.2, 0.25) is 10.9 Å². The highest BCUT2D eigenvalue weighted by Crippen LogP contribution is 2.21. The number of nitrogens with zero attached hydrogens (tertiary/aromatic N) is 2. The third-order valence-electron chi connectivity index (χ3n) is 4.94. The zero-order chi connectivity index (χ0) is 23.1. The first-order valence-electron chi connectivity index (χ1n) is 10.2. The minimum Gasteiger partial charge on any atom is -0.492 e. The van der Waals surface area contributed by atoms with Crippen molar-refractivity contribution in [3.8, 4) is 5.75 Å². The predicted octanol–water partition coefficient (Wildman–Crippen LogP) is 1.63. The van der Waals surface area contributed by atoms with Crippen LogP contribution in [0.2, 0.25) is 0 Å². The molecule has 1 aliphatic heterocycles. The molecule has 0 bridgehead atoms. The SMILES string of the molecule is CCOC(=O)c1ccc(S(=O)(=O)N2CCN(CCOc3ccc(C(=O)OC)cc3)CC2)o1. The Kier molecular flexibility index (Phi) is 7.89. The Hall–Kier alpha value is -2.89. The zero-order valence-electron chi connectivity index (χ0n) is 18.0. The van der Waals surface area contributed by atoms with E-state index in [2.05, 4.69) is 9.64 Å². The first-order chi connectivity index (χ1) is 15.3. The van der Waals surface area contributed by atoms with E-state index in [0.717, 1.165) is 0 Å². The minimum atomic E-state index is -3.83. The lowest BCUT2D eigenvalue weighted by Crippen LogP contribution is -2.49. The molecule has 2 aromatic rings. The Morgan fingerprint density at radius 1 is 1.00 bits per heavy atom. The maximum atomic E-state index is 12.8. The summed E-state index contributed by atoms with van der Waals surface area (Å²) < 4.78 is 47.3. The summed E-state index contributed by atoms with van der Waals surface area (Å²) in [6, 6.07) is 9.23. The number of piperazine rings is 1. The van der Waals surface area contributed by atoms with E-state index in [1.54, 1.807) is 31.2 Å². The van der Waals surface area contributed by atoms with E-state index < -0.39 is 22.0 Å². The summed E-state index contributed by atoms with van der Waals surface area (Å²) in [6.45, 7) is 4.55. The first-order valence-corrected chi connectivity index (χ1v) is 11.6. The molecular weight excluding hydrogens is 440 g/mol. The normalized spacial score (nSPS) is 15.3. The van der Waals surface area contributed by atoms with E-state index in [-0.39, 0.29) is 17.5 Å². The number of furan rings is 1. The second-order valence-corrected chi connectivity index (χ2v) is 8.82. The van der Waals surface area contributed by atoms with Gasteiger partial charge in [-0.3, -0.25) is 4.90 Å². The Balaban J connectivity index is 1.46. The molecule has 1 aliphatic rings. The highest BCUT2D eigenvalue weighted by molar-refractivity contribution is 7.89. The van der Waals surface area contributed by atoms with Gasteiger partial charge in [-0.05, 0) is 43.3 Å². The van der Waals surface area contributed by atoms with Crippen LogP contribution in [0.5, 0.6) is 5.75 Å². The van der Waals surface area contributed by atoms with E-state index >= 15 is 0 Å². The lowest BCUT2D eigenvalue weighted by atomic mass is 10.2. The average Bonchev–Trinajstić information content (AvgIpc) is 3.31. The molecule has 0 radical (unpaired) electrons. The number of benzene rings is 1. The molecule has 2 heterocycles. The molecule has 0 N–H and O–H groups in total. The summed E-state index contributed by atoms with van der Waals surface area (Å²) in [5, 5.41) is -0.271. The van der Waals surface area contributed by atoms with Gasteiger partial charge in [0.15, 0.2) is 0 Å². The van der Waals surface area contributed by atoms with E-state index in [4.69, 9.17) is 13.9 Å². The van der Waals surface area contributed by atoms with Crippen LogP contribution in [0.3, 0.4) is 0 Å². The maximum Gasteiger partial charge on any atom is 0.374 e. The highest BCUT2D eigenvalue weighted by Gasteiger charge is 2.31. The summed E-state index contributed by atoms with van der Waals surface area (Å²) in [7, 11) is -2.50. The number of rotatable bonds is 9. The van der Waals surface area contributed by atoms with Gasteiger partial charge in [-0.15, -0.1) is 0 Å². The second kappa shape index (κ2) is 10.6.